The van der Waals surface area contributed by atoms with Gasteiger partial charge < -0.3 is 10.6 Å². The highest BCUT2D eigenvalue weighted by Gasteiger charge is 2.37. The molecule has 98 valence electrons. The van der Waals surface area contributed by atoms with E-state index in [1.54, 1.807) is 0 Å². The van der Waals surface area contributed by atoms with Crippen LogP contribution in [0.1, 0.15) is 26.3 Å². The molecule has 3 nitrogen and oxygen atoms in total. The van der Waals surface area contributed by atoms with Gasteiger partial charge in [-0.2, -0.15) is 0 Å². The first-order chi connectivity index (χ1) is 8.51. The van der Waals surface area contributed by atoms with Crippen molar-refractivity contribution in [1.29, 1.82) is 0 Å². The number of nitrogens with zero attached hydrogens (tertiary/aromatic N) is 2. The Hall–Kier alpha value is -1.51. The van der Waals surface area contributed by atoms with Gasteiger partial charge in [0.1, 0.15) is 0 Å². The summed E-state index contributed by atoms with van der Waals surface area (Å²) in [5.41, 5.74) is 7.40. The summed E-state index contributed by atoms with van der Waals surface area (Å²) in [4.78, 5) is 6.71. The molecule has 1 atom stereocenters. The van der Waals surface area contributed by atoms with Gasteiger partial charge in [-0.05, 0) is 24.8 Å². The van der Waals surface area contributed by atoms with Crippen molar-refractivity contribution in [2.24, 2.45) is 16.6 Å². The highest BCUT2D eigenvalue weighted by Crippen LogP contribution is 2.26. The van der Waals surface area contributed by atoms with Crippen LogP contribution in [0, 0.1) is 5.92 Å². The van der Waals surface area contributed by atoms with Gasteiger partial charge in [0.05, 0.1) is 12.1 Å². The fourth-order valence-electron chi connectivity index (χ4n) is 2.56. The van der Waals surface area contributed by atoms with E-state index < -0.39 is 0 Å². The normalized spacial score (nSPS) is 23.6. The largest absolute Gasteiger partial charge is 0.370 e. The van der Waals surface area contributed by atoms with Crippen molar-refractivity contribution in [3.63, 3.8) is 0 Å². The Balaban J connectivity index is 2.15. The van der Waals surface area contributed by atoms with E-state index in [1.807, 2.05) is 0 Å². The molecule has 1 heterocycles. The molecule has 0 saturated heterocycles. The second-order valence-corrected chi connectivity index (χ2v) is 5.84. The minimum atomic E-state index is 0.0235. The summed E-state index contributed by atoms with van der Waals surface area (Å²) >= 11 is 0. The monoisotopic (exact) mass is 245 g/mol. The molecule has 1 aromatic carbocycles. The number of nitrogens with two attached hydrogens (primary N) is 1. The molecule has 0 fully saturated rings. The fraction of sp³-hybridized carbons (Fsp3) is 0.533. The summed E-state index contributed by atoms with van der Waals surface area (Å²) in [7, 11) is 0. The smallest absolute Gasteiger partial charge is 0.191 e. The molecule has 0 radical (unpaired) electrons. The maximum Gasteiger partial charge on any atom is 0.191 e. The van der Waals surface area contributed by atoms with E-state index in [-0.39, 0.29) is 5.54 Å². The zero-order chi connectivity index (χ0) is 13.2. The average Bonchev–Trinajstić information content (AvgIpc) is 2.58. The van der Waals surface area contributed by atoms with Gasteiger partial charge >= 0.3 is 0 Å². The van der Waals surface area contributed by atoms with Crippen molar-refractivity contribution in [2.45, 2.75) is 32.7 Å². The van der Waals surface area contributed by atoms with Crippen molar-refractivity contribution in [2.75, 3.05) is 13.1 Å². The predicted molar refractivity (Wildman–Crippen MR) is 76.6 cm³/mol. The van der Waals surface area contributed by atoms with Crippen LogP contribution in [0.5, 0.6) is 0 Å². The fourth-order valence-corrected chi connectivity index (χ4v) is 2.56. The van der Waals surface area contributed by atoms with Crippen LogP contribution in [0.15, 0.2) is 35.3 Å². The van der Waals surface area contributed by atoms with Crippen molar-refractivity contribution in [1.82, 2.24) is 4.90 Å². The van der Waals surface area contributed by atoms with E-state index in [2.05, 4.69) is 61.0 Å². The van der Waals surface area contributed by atoms with E-state index in [1.165, 1.54) is 5.56 Å². The first kappa shape index (κ1) is 12.9. The molecule has 0 spiro atoms. The van der Waals surface area contributed by atoms with Crippen LogP contribution >= 0.6 is 0 Å². The number of aliphatic imine (C=N–C) groups is 1. The van der Waals surface area contributed by atoms with Crippen molar-refractivity contribution in [3.05, 3.63) is 35.9 Å². The lowest BCUT2D eigenvalue weighted by Gasteiger charge is -2.37. The summed E-state index contributed by atoms with van der Waals surface area (Å²) in [6, 6.07) is 10.6. The predicted octanol–water partition coefficient (Wildman–Crippen LogP) is 2.27. The molecular formula is C15H23N3. The van der Waals surface area contributed by atoms with Crippen LogP contribution in [0.2, 0.25) is 0 Å². The molecule has 1 aromatic rings. The minimum Gasteiger partial charge on any atom is -0.370 e. The van der Waals surface area contributed by atoms with E-state index in [9.17, 15) is 0 Å². The number of rotatable bonds is 4. The van der Waals surface area contributed by atoms with Crippen molar-refractivity contribution >= 4 is 5.96 Å². The summed E-state index contributed by atoms with van der Waals surface area (Å²) in [6.07, 6.45) is 0.991. The lowest BCUT2D eigenvalue weighted by Crippen LogP contribution is -2.52. The van der Waals surface area contributed by atoms with Gasteiger partial charge in [0, 0.05) is 6.54 Å². The highest BCUT2D eigenvalue weighted by molar-refractivity contribution is 5.81. The number of hydrogen-bond donors (Lipinski definition) is 1. The topological polar surface area (TPSA) is 41.6 Å². The Labute approximate surface area is 110 Å². The Morgan fingerprint density at radius 3 is 2.61 bits per heavy atom. The number of guanidine groups is 1. The van der Waals surface area contributed by atoms with Gasteiger partial charge in [-0.25, -0.2) is 0 Å². The van der Waals surface area contributed by atoms with Gasteiger partial charge in [0.2, 0.25) is 0 Å². The molecule has 0 aliphatic carbocycles. The molecule has 0 amide bonds. The third-order valence-electron chi connectivity index (χ3n) is 3.49. The van der Waals surface area contributed by atoms with Gasteiger partial charge in [-0.1, -0.05) is 44.2 Å². The van der Waals surface area contributed by atoms with Crippen molar-refractivity contribution in [3.8, 4) is 0 Å². The second-order valence-electron chi connectivity index (χ2n) is 5.84. The highest BCUT2D eigenvalue weighted by atomic mass is 15.3. The Morgan fingerprint density at radius 1 is 1.33 bits per heavy atom. The zero-order valence-electron chi connectivity index (χ0n) is 11.6. The quantitative estimate of drug-likeness (QED) is 0.884. The van der Waals surface area contributed by atoms with Crippen LogP contribution in [0.4, 0.5) is 0 Å². The molecule has 18 heavy (non-hydrogen) atoms. The second kappa shape index (κ2) is 5.01. The molecular weight excluding hydrogens is 222 g/mol. The number of hydrogen-bond acceptors (Lipinski definition) is 3. The summed E-state index contributed by atoms with van der Waals surface area (Å²) in [6.45, 7) is 8.45. The van der Waals surface area contributed by atoms with E-state index in [4.69, 9.17) is 5.73 Å². The van der Waals surface area contributed by atoms with Crippen LogP contribution in [-0.4, -0.2) is 29.5 Å². The van der Waals surface area contributed by atoms with E-state index in [0.717, 1.165) is 19.5 Å². The van der Waals surface area contributed by atoms with E-state index in [0.29, 0.717) is 11.9 Å². The van der Waals surface area contributed by atoms with Crippen molar-refractivity contribution < 1.29 is 0 Å². The molecule has 1 unspecified atom stereocenters. The van der Waals surface area contributed by atoms with Gasteiger partial charge in [0.15, 0.2) is 5.96 Å². The minimum absolute atomic E-state index is 0.0235. The maximum absolute atomic E-state index is 6.03. The first-order valence-corrected chi connectivity index (χ1v) is 6.63. The molecule has 1 aliphatic heterocycles. The molecule has 2 rings (SSSR count). The maximum atomic E-state index is 6.03. The molecule has 3 heteroatoms. The third kappa shape index (κ3) is 2.66. The average molecular weight is 245 g/mol. The summed E-state index contributed by atoms with van der Waals surface area (Å²) in [5, 5.41) is 0. The standard InChI is InChI=1S/C15H23N3/c1-12(2)10-18-14(16)17-11-15(18,3)9-13-7-5-4-6-8-13/h4-8,12H,9-11H2,1-3H3,(H2,16,17). The molecule has 0 saturated carbocycles. The lowest BCUT2D eigenvalue weighted by atomic mass is 9.91. The zero-order valence-corrected chi connectivity index (χ0v) is 11.6. The Kier molecular flexibility index (Phi) is 3.60. The van der Waals surface area contributed by atoms with Crippen LogP contribution < -0.4 is 5.73 Å². The molecule has 2 N–H and O–H groups in total. The Morgan fingerprint density at radius 2 is 2.00 bits per heavy atom. The third-order valence-corrected chi connectivity index (χ3v) is 3.49. The molecule has 1 aliphatic rings. The van der Waals surface area contributed by atoms with Gasteiger partial charge in [-0.15, -0.1) is 0 Å². The Bertz CT molecular complexity index is 425. The van der Waals surface area contributed by atoms with Crippen LogP contribution in [-0.2, 0) is 6.42 Å². The van der Waals surface area contributed by atoms with Gasteiger partial charge in [-0.3, -0.25) is 4.99 Å². The molecule has 0 aromatic heterocycles. The summed E-state index contributed by atoms with van der Waals surface area (Å²) < 4.78 is 0. The van der Waals surface area contributed by atoms with E-state index >= 15 is 0 Å². The molecule has 0 bridgehead atoms. The number of benzene rings is 1. The van der Waals surface area contributed by atoms with Gasteiger partial charge in [0.25, 0.3) is 0 Å². The summed E-state index contributed by atoms with van der Waals surface area (Å²) in [5.74, 6) is 1.29. The first-order valence-electron chi connectivity index (χ1n) is 6.63. The van der Waals surface area contributed by atoms with Crippen LogP contribution in [0.3, 0.4) is 0 Å². The van der Waals surface area contributed by atoms with Crippen LogP contribution in [0.25, 0.3) is 0 Å². The SMILES string of the molecule is CC(C)CN1C(N)=NCC1(C)Cc1ccccc1. The lowest BCUT2D eigenvalue weighted by molar-refractivity contribution is 0.201.